The molecule has 0 heterocycles. The fourth-order valence-electron chi connectivity index (χ4n) is 0.741. The highest BCUT2D eigenvalue weighted by Crippen LogP contribution is 2.08. The minimum atomic E-state index is -0.484. The van der Waals surface area contributed by atoms with Crippen molar-refractivity contribution < 1.29 is 14.6 Å². The van der Waals surface area contributed by atoms with Crippen molar-refractivity contribution in [3.8, 4) is 5.75 Å². The first-order valence-corrected chi connectivity index (χ1v) is 3.09. The molecule has 3 nitrogen and oxygen atoms in total. The maximum atomic E-state index is 10.8. The van der Waals surface area contributed by atoms with E-state index in [9.17, 15) is 9.90 Å². The molecule has 3 heteroatoms. The van der Waals surface area contributed by atoms with Gasteiger partial charge in [-0.05, 0) is 6.07 Å². The van der Waals surface area contributed by atoms with E-state index in [4.69, 9.17) is 0 Å². The van der Waals surface area contributed by atoms with E-state index >= 15 is 0 Å². The summed E-state index contributed by atoms with van der Waals surface area (Å²) in [5.74, 6) is -0.671. The van der Waals surface area contributed by atoms with Crippen molar-refractivity contribution in [2.75, 3.05) is 7.11 Å². The van der Waals surface area contributed by atoms with E-state index in [-0.39, 0.29) is 5.75 Å². The first kappa shape index (κ1) is 7.60. The number of ether oxygens (including phenoxy) is 1. The number of methoxy groups -OCH3 is 1. The second-order valence-electron chi connectivity index (χ2n) is 2.02. The van der Waals surface area contributed by atoms with Crippen LogP contribution in [0.3, 0.4) is 0 Å². The topological polar surface area (TPSA) is 49.4 Å². The molecular weight excluding hydrogens is 144 g/mol. The Morgan fingerprint density at radius 3 is 2.82 bits per heavy atom. The van der Waals surface area contributed by atoms with Gasteiger partial charge in [0.2, 0.25) is 0 Å². The molecule has 0 saturated carbocycles. The molecule has 58 valence electrons. The third-order valence-electron chi connectivity index (χ3n) is 1.26. The standard InChI is InChI=1S/C8H8O3/c1-11-8(10)6-3-2-4-7(9)5-6/h2-5,9H,1H3/p-1. The number of carbonyl (C=O) groups excluding carboxylic acids is 1. The Bertz CT molecular complexity index is 268. The number of hydrogen-bond donors (Lipinski definition) is 0. The predicted molar refractivity (Wildman–Crippen MR) is 37.2 cm³/mol. The third kappa shape index (κ3) is 1.70. The molecule has 1 rings (SSSR count). The zero-order chi connectivity index (χ0) is 8.27. The maximum absolute atomic E-state index is 10.8. The number of benzene rings is 1. The Labute approximate surface area is 64.2 Å². The van der Waals surface area contributed by atoms with Gasteiger partial charge >= 0.3 is 5.97 Å². The van der Waals surface area contributed by atoms with E-state index < -0.39 is 5.97 Å². The van der Waals surface area contributed by atoms with Gasteiger partial charge in [-0.15, -0.1) is 5.75 Å². The monoisotopic (exact) mass is 151 g/mol. The Hall–Kier alpha value is -1.51. The Morgan fingerprint density at radius 2 is 2.27 bits per heavy atom. The smallest absolute Gasteiger partial charge is 0.337 e. The van der Waals surface area contributed by atoms with Crippen LogP contribution in [0.1, 0.15) is 10.4 Å². The first-order chi connectivity index (χ1) is 5.24. The van der Waals surface area contributed by atoms with Crippen LogP contribution in [0.2, 0.25) is 0 Å². The molecule has 1 aromatic carbocycles. The lowest BCUT2D eigenvalue weighted by Crippen LogP contribution is -2.01. The van der Waals surface area contributed by atoms with Crippen LogP contribution in [-0.4, -0.2) is 13.1 Å². The summed E-state index contributed by atoms with van der Waals surface area (Å²) >= 11 is 0. The van der Waals surface area contributed by atoms with Crippen LogP contribution in [-0.2, 0) is 4.74 Å². The summed E-state index contributed by atoms with van der Waals surface area (Å²) in [6.07, 6.45) is 0. The second kappa shape index (κ2) is 3.05. The number of carbonyl (C=O) groups is 1. The molecule has 0 bridgehead atoms. The summed E-state index contributed by atoms with van der Waals surface area (Å²) in [6.45, 7) is 0. The molecule has 0 aliphatic heterocycles. The lowest BCUT2D eigenvalue weighted by molar-refractivity contribution is -0.268. The molecule has 0 amide bonds. The molecule has 11 heavy (non-hydrogen) atoms. The van der Waals surface area contributed by atoms with Crippen molar-refractivity contribution in [3.63, 3.8) is 0 Å². The van der Waals surface area contributed by atoms with Crippen molar-refractivity contribution in [1.29, 1.82) is 0 Å². The molecule has 0 aromatic heterocycles. The molecule has 0 saturated heterocycles. The molecule has 0 atom stereocenters. The van der Waals surface area contributed by atoms with Gasteiger partial charge in [-0.3, -0.25) is 0 Å². The van der Waals surface area contributed by atoms with Crippen LogP contribution in [0, 0.1) is 0 Å². The zero-order valence-corrected chi connectivity index (χ0v) is 6.03. The lowest BCUT2D eigenvalue weighted by Gasteiger charge is -2.05. The quantitative estimate of drug-likeness (QED) is 0.550. The Kier molecular flexibility index (Phi) is 2.11. The van der Waals surface area contributed by atoms with Crippen LogP contribution in [0.4, 0.5) is 0 Å². The summed E-state index contributed by atoms with van der Waals surface area (Å²) in [4.78, 5) is 10.8. The van der Waals surface area contributed by atoms with Crippen molar-refractivity contribution in [2.45, 2.75) is 0 Å². The third-order valence-corrected chi connectivity index (χ3v) is 1.26. The number of rotatable bonds is 1. The summed E-state index contributed by atoms with van der Waals surface area (Å²) in [5.41, 5.74) is 0.292. The minimum Gasteiger partial charge on any atom is -0.872 e. The Balaban J connectivity index is 2.96. The van der Waals surface area contributed by atoms with Gasteiger partial charge in [0.1, 0.15) is 0 Å². The lowest BCUT2D eigenvalue weighted by atomic mass is 10.2. The van der Waals surface area contributed by atoms with Gasteiger partial charge in [-0.1, -0.05) is 18.2 Å². The summed E-state index contributed by atoms with van der Waals surface area (Å²) in [7, 11) is 1.28. The predicted octanol–water partition coefficient (Wildman–Crippen LogP) is 0.547. The van der Waals surface area contributed by atoms with Crippen LogP contribution < -0.4 is 5.11 Å². The van der Waals surface area contributed by atoms with E-state index in [0.717, 1.165) is 0 Å². The molecular formula is C8H7O3-. The van der Waals surface area contributed by atoms with Gasteiger partial charge < -0.3 is 9.84 Å². The van der Waals surface area contributed by atoms with Crippen molar-refractivity contribution in [1.82, 2.24) is 0 Å². The van der Waals surface area contributed by atoms with Crippen molar-refractivity contribution >= 4 is 5.97 Å². The van der Waals surface area contributed by atoms with Crippen LogP contribution in [0.5, 0.6) is 5.75 Å². The maximum Gasteiger partial charge on any atom is 0.337 e. The number of esters is 1. The number of hydrogen-bond acceptors (Lipinski definition) is 3. The highest BCUT2D eigenvalue weighted by Gasteiger charge is 2.01. The molecule has 1 aromatic rings. The fourth-order valence-corrected chi connectivity index (χ4v) is 0.741. The molecule has 0 radical (unpaired) electrons. The van der Waals surface area contributed by atoms with Crippen LogP contribution in [0.25, 0.3) is 0 Å². The van der Waals surface area contributed by atoms with E-state index in [0.29, 0.717) is 5.56 Å². The Morgan fingerprint density at radius 1 is 1.55 bits per heavy atom. The zero-order valence-electron chi connectivity index (χ0n) is 6.03. The molecule has 0 fully saturated rings. The highest BCUT2D eigenvalue weighted by molar-refractivity contribution is 5.89. The summed E-state index contributed by atoms with van der Waals surface area (Å²) in [6, 6.07) is 5.68. The van der Waals surface area contributed by atoms with E-state index in [1.807, 2.05) is 0 Å². The first-order valence-electron chi connectivity index (χ1n) is 3.09. The minimum absolute atomic E-state index is 0.187. The highest BCUT2D eigenvalue weighted by atomic mass is 16.5. The van der Waals surface area contributed by atoms with Crippen LogP contribution in [0.15, 0.2) is 24.3 Å². The van der Waals surface area contributed by atoms with Gasteiger partial charge in [0, 0.05) is 0 Å². The molecule has 0 unspecified atom stereocenters. The SMILES string of the molecule is COC(=O)c1cccc([O-])c1. The van der Waals surface area contributed by atoms with Crippen LogP contribution >= 0.6 is 0 Å². The summed E-state index contributed by atoms with van der Waals surface area (Å²) in [5, 5.41) is 10.7. The van der Waals surface area contributed by atoms with Gasteiger partial charge in [0.05, 0.1) is 12.7 Å². The van der Waals surface area contributed by atoms with E-state index in [1.54, 1.807) is 0 Å². The average Bonchev–Trinajstić information content (AvgIpc) is 2.03. The second-order valence-corrected chi connectivity index (χ2v) is 2.02. The van der Waals surface area contributed by atoms with Gasteiger partial charge in [-0.25, -0.2) is 4.79 Å². The largest absolute Gasteiger partial charge is 0.872 e. The fraction of sp³-hybridized carbons (Fsp3) is 0.125. The normalized spacial score (nSPS) is 9.18. The summed E-state index contributed by atoms with van der Waals surface area (Å²) < 4.78 is 4.41. The molecule has 0 aliphatic rings. The van der Waals surface area contributed by atoms with Crippen molar-refractivity contribution in [2.24, 2.45) is 0 Å². The molecule has 0 aliphatic carbocycles. The van der Waals surface area contributed by atoms with Gasteiger partial charge in [-0.2, -0.15) is 0 Å². The van der Waals surface area contributed by atoms with E-state index in [2.05, 4.69) is 4.74 Å². The molecule has 0 N–H and O–H groups in total. The van der Waals surface area contributed by atoms with Gasteiger partial charge in [0.25, 0.3) is 0 Å². The van der Waals surface area contributed by atoms with E-state index in [1.165, 1.54) is 31.4 Å². The van der Waals surface area contributed by atoms with Gasteiger partial charge in [0.15, 0.2) is 0 Å². The molecule has 0 spiro atoms. The average molecular weight is 151 g/mol. The van der Waals surface area contributed by atoms with Crippen molar-refractivity contribution in [3.05, 3.63) is 29.8 Å².